The van der Waals surface area contributed by atoms with Crippen molar-refractivity contribution in [3.8, 4) is 0 Å². The highest BCUT2D eigenvalue weighted by Crippen LogP contribution is 2.29. The number of aliphatic hydroxyl groups is 1. The van der Waals surface area contributed by atoms with Crippen LogP contribution in [0, 0.1) is 11.2 Å². The molecule has 18 heavy (non-hydrogen) atoms. The Balaban J connectivity index is 1.91. The fourth-order valence-corrected chi connectivity index (χ4v) is 2.48. The maximum absolute atomic E-state index is 12.8. The zero-order valence-electron chi connectivity index (χ0n) is 10.7. The number of nitrogens with zero attached hydrogens (tertiary/aromatic N) is 1. The highest BCUT2D eigenvalue weighted by molar-refractivity contribution is 5.15. The average molecular weight is 253 g/mol. The van der Waals surface area contributed by atoms with Crippen LogP contribution < -0.4 is 0 Å². The zero-order valence-corrected chi connectivity index (χ0v) is 10.7. The number of benzene rings is 1. The van der Waals surface area contributed by atoms with E-state index in [1.54, 1.807) is 12.1 Å². The van der Waals surface area contributed by atoms with Crippen molar-refractivity contribution in [1.29, 1.82) is 0 Å². The molecule has 0 spiro atoms. The smallest absolute Gasteiger partial charge is 0.123 e. The second-order valence-electron chi connectivity index (χ2n) is 5.26. The third-order valence-electron chi connectivity index (χ3n) is 3.49. The van der Waals surface area contributed by atoms with Gasteiger partial charge in [-0.15, -0.1) is 0 Å². The van der Waals surface area contributed by atoms with Gasteiger partial charge in [0, 0.05) is 25.1 Å². The van der Waals surface area contributed by atoms with Crippen LogP contribution in [-0.4, -0.2) is 43.4 Å². The monoisotopic (exact) mass is 253 g/mol. The third kappa shape index (κ3) is 3.28. The molecule has 0 aliphatic carbocycles. The van der Waals surface area contributed by atoms with Crippen LogP contribution in [-0.2, 0) is 11.3 Å². The Morgan fingerprint density at radius 2 is 2.11 bits per heavy atom. The van der Waals surface area contributed by atoms with Crippen molar-refractivity contribution in [1.82, 2.24) is 4.90 Å². The van der Waals surface area contributed by atoms with Crippen molar-refractivity contribution >= 4 is 0 Å². The third-order valence-corrected chi connectivity index (χ3v) is 3.49. The van der Waals surface area contributed by atoms with E-state index in [0.29, 0.717) is 6.61 Å². The Morgan fingerprint density at radius 3 is 2.67 bits per heavy atom. The fourth-order valence-electron chi connectivity index (χ4n) is 2.48. The molecule has 0 amide bonds. The quantitative estimate of drug-likeness (QED) is 0.866. The molecule has 1 aliphatic rings. The van der Waals surface area contributed by atoms with Crippen LogP contribution in [0.3, 0.4) is 0 Å². The lowest BCUT2D eigenvalue weighted by Crippen LogP contribution is -2.38. The highest BCUT2D eigenvalue weighted by atomic mass is 19.1. The molecule has 1 saturated heterocycles. The molecule has 1 heterocycles. The number of hydrogen-bond donors (Lipinski definition) is 1. The van der Waals surface area contributed by atoms with Crippen molar-refractivity contribution in [2.75, 3.05) is 33.4 Å². The van der Waals surface area contributed by atoms with Crippen LogP contribution in [0.5, 0.6) is 0 Å². The second-order valence-corrected chi connectivity index (χ2v) is 5.26. The molecule has 4 heteroatoms. The molecule has 0 saturated carbocycles. The minimum Gasteiger partial charge on any atom is -0.396 e. The molecule has 1 aliphatic heterocycles. The van der Waals surface area contributed by atoms with Gasteiger partial charge >= 0.3 is 0 Å². The minimum atomic E-state index is -0.211. The van der Waals surface area contributed by atoms with E-state index in [4.69, 9.17) is 4.74 Å². The molecule has 1 aromatic rings. The predicted molar refractivity (Wildman–Crippen MR) is 67.7 cm³/mol. The topological polar surface area (TPSA) is 32.7 Å². The Bertz CT molecular complexity index is 374. The first-order chi connectivity index (χ1) is 8.63. The molecule has 0 bridgehead atoms. The van der Waals surface area contributed by atoms with Crippen molar-refractivity contribution in [3.05, 3.63) is 35.6 Å². The molecular formula is C14H20FNO2. The summed E-state index contributed by atoms with van der Waals surface area (Å²) in [5.41, 5.74) is 0.945. The number of halogens is 1. The van der Waals surface area contributed by atoms with Crippen molar-refractivity contribution in [2.24, 2.45) is 5.41 Å². The van der Waals surface area contributed by atoms with E-state index in [1.165, 1.54) is 12.1 Å². The lowest BCUT2D eigenvalue weighted by Gasteiger charge is -2.30. The molecule has 1 atom stereocenters. The summed E-state index contributed by atoms with van der Waals surface area (Å²) in [5.74, 6) is -0.211. The fraction of sp³-hybridized carbons (Fsp3) is 0.571. The minimum absolute atomic E-state index is 0.130. The number of rotatable bonds is 5. The maximum atomic E-state index is 12.8. The highest BCUT2D eigenvalue weighted by Gasteiger charge is 2.35. The predicted octanol–water partition coefficient (Wildman–Crippen LogP) is 1.66. The van der Waals surface area contributed by atoms with E-state index in [-0.39, 0.29) is 17.8 Å². The number of ether oxygens (including phenoxy) is 1. The van der Waals surface area contributed by atoms with Crippen LogP contribution in [0.25, 0.3) is 0 Å². The Hall–Kier alpha value is -0.970. The largest absolute Gasteiger partial charge is 0.396 e. The van der Waals surface area contributed by atoms with Gasteiger partial charge < -0.3 is 14.7 Å². The molecule has 3 nitrogen and oxygen atoms in total. The van der Waals surface area contributed by atoms with E-state index >= 15 is 0 Å². The van der Waals surface area contributed by atoms with Crippen molar-refractivity contribution in [3.63, 3.8) is 0 Å². The molecule has 1 unspecified atom stereocenters. The van der Waals surface area contributed by atoms with Crippen LogP contribution in [0.15, 0.2) is 24.3 Å². The summed E-state index contributed by atoms with van der Waals surface area (Å²) in [7, 11) is 2.01. The molecular weight excluding hydrogens is 233 g/mol. The van der Waals surface area contributed by atoms with Gasteiger partial charge in [-0.25, -0.2) is 4.39 Å². The van der Waals surface area contributed by atoms with Crippen LogP contribution in [0.4, 0.5) is 4.39 Å². The summed E-state index contributed by atoms with van der Waals surface area (Å²) in [6, 6.07) is 6.54. The van der Waals surface area contributed by atoms with Gasteiger partial charge in [0.05, 0.1) is 13.2 Å². The first-order valence-corrected chi connectivity index (χ1v) is 6.25. The molecule has 2 rings (SSSR count). The second kappa shape index (κ2) is 5.78. The summed E-state index contributed by atoms with van der Waals surface area (Å²) < 4.78 is 18.2. The number of aliphatic hydroxyl groups excluding tert-OH is 1. The van der Waals surface area contributed by atoms with Gasteiger partial charge in [0.15, 0.2) is 0 Å². The Kier molecular flexibility index (Phi) is 4.32. The van der Waals surface area contributed by atoms with E-state index in [2.05, 4.69) is 4.90 Å². The molecule has 1 N–H and O–H groups in total. The lowest BCUT2D eigenvalue weighted by molar-refractivity contribution is 0.0625. The van der Waals surface area contributed by atoms with E-state index in [9.17, 15) is 9.50 Å². The molecule has 0 aromatic heterocycles. The van der Waals surface area contributed by atoms with Gasteiger partial charge in [-0.05, 0) is 31.2 Å². The first kappa shape index (κ1) is 13.5. The van der Waals surface area contributed by atoms with Gasteiger partial charge in [-0.3, -0.25) is 0 Å². The van der Waals surface area contributed by atoms with Crippen LogP contribution in [0.1, 0.15) is 12.0 Å². The van der Waals surface area contributed by atoms with Gasteiger partial charge in [0.25, 0.3) is 0 Å². The molecule has 100 valence electrons. The molecule has 1 fully saturated rings. The van der Waals surface area contributed by atoms with E-state index in [0.717, 1.165) is 31.7 Å². The van der Waals surface area contributed by atoms with Crippen molar-refractivity contribution in [2.45, 2.75) is 13.0 Å². The Labute approximate surface area is 107 Å². The van der Waals surface area contributed by atoms with Gasteiger partial charge in [-0.2, -0.15) is 0 Å². The summed E-state index contributed by atoms with van der Waals surface area (Å²) in [4.78, 5) is 2.15. The first-order valence-electron chi connectivity index (χ1n) is 6.25. The maximum Gasteiger partial charge on any atom is 0.123 e. The molecule has 0 radical (unpaired) electrons. The van der Waals surface area contributed by atoms with Gasteiger partial charge in [-0.1, -0.05) is 12.1 Å². The zero-order chi connectivity index (χ0) is 13.0. The number of hydrogen-bond acceptors (Lipinski definition) is 3. The van der Waals surface area contributed by atoms with Crippen molar-refractivity contribution < 1.29 is 14.2 Å². The Morgan fingerprint density at radius 1 is 1.39 bits per heavy atom. The van der Waals surface area contributed by atoms with E-state index in [1.807, 2.05) is 7.05 Å². The van der Waals surface area contributed by atoms with Crippen LogP contribution >= 0.6 is 0 Å². The normalized spacial score (nSPS) is 23.8. The molecule has 1 aromatic carbocycles. The lowest BCUT2D eigenvalue weighted by atomic mass is 9.88. The van der Waals surface area contributed by atoms with E-state index < -0.39 is 0 Å². The summed E-state index contributed by atoms with van der Waals surface area (Å²) in [6.45, 7) is 3.05. The van der Waals surface area contributed by atoms with Gasteiger partial charge in [0.1, 0.15) is 5.82 Å². The SMILES string of the molecule is CN(Cc1ccc(F)cc1)CC1(CO)CCOC1. The van der Waals surface area contributed by atoms with Gasteiger partial charge in [0.2, 0.25) is 0 Å². The van der Waals surface area contributed by atoms with Crippen LogP contribution in [0.2, 0.25) is 0 Å². The standard InChI is InChI=1S/C14H20FNO2/c1-16(8-12-2-4-13(15)5-3-12)9-14(10-17)6-7-18-11-14/h2-5,17H,6-11H2,1H3. The summed E-state index contributed by atoms with van der Waals surface area (Å²) in [6.07, 6.45) is 0.900. The summed E-state index contributed by atoms with van der Waals surface area (Å²) in [5, 5.41) is 9.51. The summed E-state index contributed by atoms with van der Waals surface area (Å²) >= 11 is 0. The average Bonchev–Trinajstić information content (AvgIpc) is 2.81.